The fraction of sp³-hybridized carbons (Fsp3) is 0.400. The second kappa shape index (κ2) is 8.40. The van der Waals surface area contributed by atoms with E-state index in [0.29, 0.717) is 16.5 Å². The standard InChI is InChI=1S/C20H24N6O2S/c1-13-9-25(10-14(2)28-13)11-16-12-29-20(23-16)24-19(27)17-8-22-26(15(17)3)18-6-4-5-7-21-18/h4-8,12-14H,9-11H2,1-3H3,(H,23,24,27). The van der Waals surface area contributed by atoms with E-state index >= 15 is 0 Å². The molecule has 4 heterocycles. The average Bonchev–Trinajstić information content (AvgIpc) is 3.28. The maximum absolute atomic E-state index is 12.7. The number of rotatable bonds is 5. The summed E-state index contributed by atoms with van der Waals surface area (Å²) in [5, 5.41) is 9.77. The van der Waals surface area contributed by atoms with Crippen molar-refractivity contribution in [2.75, 3.05) is 18.4 Å². The van der Waals surface area contributed by atoms with Crippen molar-refractivity contribution in [3.05, 3.63) is 52.9 Å². The van der Waals surface area contributed by atoms with E-state index in [1.165, 1.54) is 11.3 Å². The minimum Gasteiger partial charge on any atom is -0.373 e. The number of hydrogen-bond acceptors (Lipinski definition) is 7. The van der Waals surface area contributed by atoms with E-state index in [4.69, 9.17) is 4.74 Å². The van der Waals surface area contributed by atoms with Crippen LogP contribution in [0.4, 0.5) is 5.13 Å². The Morgan fingerprint density at radius 2 is 2.10 bits per heavy atom. The smallest absolute Gasteiger partial charge is 0.260 e. The topological polar surface area (TPSA) is 85.2 Å². The third-order valence-corrected chi connectivity index (χ3v) is 5.58. The Morgan fingerprint density at radius 1 is 1.31 bits per heavy atom. The monoisotopic (exact) mass is 412 g/mol. The summed E-state index contributed by atoms with van der Waals surface area (Å²) in [5.74, 6) is 0.453. The van der Waals surface area contributed by atoms with Gasteiger partial charge in [0.05, 0.1) is 35.4 Å². The fourth-order valence-corrected chi connectivity index (χ4v) is 4.28. The highest BCUT2D eigenvalue weighted by molar-refractivity contribution is 7.14. The summed E-state index contributed by atoms with van der Waals surface area (Å²) >= 11 is 1.43. The van der Waals surface area contributed by atoms with Crippen molar-refractivity contribution in [2.45, 2.75) is 39.5 Å². The lowest BCUT2D eigenvalue weighted by atomic mass is 10.2. The molecule has 0 spiro atoms. The van der Waals surface area contributed by atoms with Crippen molar-refractivity contribution < 1.29 is 9.53 Å². The van der Waals surface area contributed by atoms with Crippen LogP contribution < -0.4 is 5.32 Å². The highest BCUT2D eigenvalue weighted by Crippen LogP contribution is 2.21. The predicted molar refractivity (Wildman–Crippen MR) is 111 cm³/mol. The van der Waals surface area contributed by atoms with E-state index in [1.807, 2.05) is 30.5 Å². The summed E-state index contributed by atoms with van der Waals surface area (Å²) in [6.07, 6.45) is 3.69. The minimum absolute atomic E-state index is 0.218. The van der Waals surface area contributed by atoms with Crippen LogP contribution in [0.5, 0.6) is 0 Å². The molecule has 9 heteroatoms. The number of aromatic nitrogens is 4. The minimum atomic E-state index is -0.223. The fourth-order valence-electron chi connectivity index (χ4n) is 3.59. The number of nitrogens with one attached hydrogen (secondary N) is 1. The van der Waals surface area contributed by atoms with Crippen LogP contribution >= 0.6 is 11.3 Å². The first-order chi connectivity index (χ1) is 14.0. The zero-order valence-electron chi connectivity index (χ0n) is 16.7. The van der Waals surface area contributed by atoms with E-state index < -0.39 is 0 Å². The molecule has 0 aromatic carbocycles. The SMILES string of the molecule is Cc1c(C(=O)Nc2nc(CN3CC(C)OC(C)C3)cs2)cnn1-c1ccccn1. The van der Waals surface area contributed by atoms with Gasteiger partial charge in [-0.2, -0.15) is 5.10 Å². The van der Waals surface area contributed by atoms with Gasteiger partial charge in [-0.1, -0.05) is 6.07 Å². The molecule has 1 fully saturated rings. The summed E-state index contributed by atoms with van der Waals surface area (Å²) < 4.78 is 7.43. The number of amides is 1. The predicted octanol–water partition coefficient (Wildman–Crippen LogP) is 2.89. The van der Waals surface area contributed by atoms with Gasteiger partial charge in [-0.25, -0.2) is 14.6 Å². The number of anilines is 1. The summed E-state index contributed by atoms with van der Waals surface area (Å²) in [4.78, 5) is 23.9. The van der Waals surface area contributed by atoms with Gasteiger partial charge in [-0.3, -0.25) is 15.0 Å². The van der Waals surface area contributed by atoms with E-state index in [2.05, 4.69) is 39.1 Å². The van der Waals surface area contributed by atoms with Crippen LogP contribution in [0.2, 0.25) is 0 Å². The molecule has 3 aromatic heterocycles. The van der Waals surface area contributed by atoms with Crippen LogP contribution in [0.3, 0.4) is 0 Å². The molecule has 8 nitrogen and oxygen atoms in total. The number of thiazole rings is 1. The molecular formula is C20H24N6O2S. The molecule has 1 N–H and O–H groups in total. The Hall–Kier alpha value is -2.62. The van der Waals surface area contributed by atoms with Gasteiger partial charge in [-0.05, 0) is 32.9 Å². The highest BCUT2D eigenvalue weighted by atomic mass is 32.1. The summed E-state index contributed by atoms with van der Waals surface area (Å²) in [5.41, 5.74) is 2.19. The van der Waals surface area contributed by atoms with Gasteiger partial charge in [0.2, 0.25) is 0 Å². The largest absolute Gasteiger partial charge is 0.373 e. The molecule has 4 rings (SSSR count). The van der Waals surface area contributed by atoms with Crippen LogP contribution in [-0.2, 0) is 11.3 Å². The van der Waals surface area contributed by atoms with Crippen LogP contribution in [0.25, 0.3) is 5.82 Å². The number of ether oxygens (including phenoxy) is 1. The van der Waals surface area contributed by atoms with Crippen molar-refractivity contribution in [3.63, 3.8) is 0 Å². The molecule has 29 heavy (non-hydrogen) atoms. The molecule has 0 radical (unpaired) electrons. The first-order valence-electron chi connectivity index (χ1n) is 9.59. The van der Waals surface area contributed by atoms with Crippen molar-refractivity contribution in [3.8, 4) is 5.82 Å². The van der Waals surface area contributed by atoms with E-state index in [9.17, 15) is 4.79 Å². The highest BCUT2D eigenvalue weighted by Gasteiger charge is 2.23. The molecule has 0 aliphatic carbocycles. The maximum Gasteiger partial charge on any atom is 0.260 e. The third kappa shape index (κ3) is 4.52. The summed E-state index contributed by atoms with van der Waals surface area (Å²) in [6.45, 7) is 8.54. The Labute approximate surface area is 173 Å². The van der Waals surface area contributed by atoms with Gasteiger partial charge in [-0.15, -0.1) is 11.3 Å². The lowest BCUT2D eigenvalue weighted by Crippen LogP contribution is -2.44. The van der Waals surface area contributed by atoms with Crippen LogP contribution in [0, 0.1) is 6.92 Å². The van der Waals surface area contributed by atoms with E-state index in [0.717, 1.165) is 31.0 Å². The van der Waals surface area contributed by atoms with Gasteiger partial charge in [0.25, 0.3) is 5.91 Å². The van der Waals surface area contributed by atoms with Crippen molar-refractivity contribution >= 4 is 22.4 Å². The molecule has 2 unspecified atom stereocenters. The molecule has 0 bridgehead atoms. The second-order valence-corrected chi connectivity index (χ2v) is 8.15. The summed E-state index contributed by atoms with van der Waals surface area (Å²) in [6, 6.07) is 5.58. The average molecular weight is 413 g/mol. The molecule has 1 aliphatic rings. The Bertz CT molecular complexity index is 976. The van der Waals surface area contributed by atoms with E-state index in [-0.39, 0.29) is 18.1 Å². The molecule has 1 aliphatic heterocycles. The molecule has 2 atom stereocenters. The number of hydrogen-bond donors (Lipinski definition) is 1. The number of morpholine rings is 1. The van der Waals surface area contributed by atoms with E-state index in [1.54, 1.807) is 17.1 Å². The molecule has 3 aromatic rings. The Balaban J connectivity index is 1.41. The first-order valence-corrected chi connectivity index (χ1v) is 10.5. The molecule has 1 saturated heterocycles. The Morgan fingerprint density at radius 3 is 2.83 bits per heavy atom. The molecule has 152 valence electrons. The molecular weight excluding hydrogens is 388 g/mol. The number of carbonyl (C=O) groups excluding carboxylic acids is 1. The van der Waals surface area contributed by atoms with Crippen molar-refractivity contribution in [1.82, 2.24) is 24.6 Å². The lowest BCUT2D eigenvalue weighted by molar-refractivity contribution is -0.0707. The zero-order chi connectivity index (χ0) is 20.4. The molecule has 1 amide bonds. The zero-order valence-corrected chi connectivity index (χ0v) is 17.5. The normalized spacial score (nSPS) is 20.0. The molecule has 0 saturated carbocycles. The third-order valence-electron chi connectivity index (χ3n) is 4.77. The number of nitrogens with zero attached hydrogens (tertiary/aromatic N) is 5. The summed E-state index contributed by atoms with van der Waals surface area (Å²) in [7, 11) is 0. The quantitative estimate of drug-likeness (QED) is 0.694. The van der Waals surface area contributed by atoms with Crippen LogP contribution in [0.1, 0.15) is 35.6 Å². The van der Waals surface area contributed by atoms with Gasteiger partial charge in [0, 0.05) is 31.2 Å². The van der Waals surface area contributed by atoms with Crippen LogP contribution in [-0.4, -0.2) is 55.9 Å². The van der Waals surface area contributed by atoms with Crippen LogP contribution in [0.15, 0.2) is 36.0 Å². The van der Waals surface area contributed by atoms with Crippen molar-refractivity contribution in [1.29, 1.82) is 0 Å². The Kier molecular flexibility index (Phi) is 5.70. The van der Waals surface area contributed by atoms with Gasteiger partial charge < -0.3 is 4.74 Å². The lowest BCUT2D eigenvalue weighted by Gasteiger charge is -2.34. The maximum atomic E-state index is 12.7. The van der Waals surface area contributed by atoms with Gasteiger partial charge in [0.15, 0.2) is 10.9 Å². The van der Waals surface area contributed by atoms with Gasteiger partial charge >= 0.3 is 0 Å². The van der Waals surface area contributed by atoms with Gasteiger partial charge in [0.1, 0.15) is 0 Å². The number of carbonyl (C=O) groups is 1. The second-order valence-electron chi connectivity index (χ2n) is 7.29. The number of pyridine rings is 1. The first kappa shape index (κ1) is 19.7. The van der Waals surface area contributed by atoms with Crippen molar-refractivity contribution in [2.24, 2.45) is 0 Å².